The summed E-state index contributed by atoms with van der Waals surface area (Å²) in [6.45, 7) is 0.543. The van der Waals surface area contributed by atoms with Crippen LogP contribution in [0.2, 0.25) is 0 Å². The van der Waals surface area contributed by atoms with Crippen LogP contribution in [0.15, 0.2) is 65.5 Å². The second kappa shape index (κ2) is 6.23. The molecule has 1 aromatic heterocycles. The number of amides is 1. The number of fused-ring (bicyclic) bond motifs is 1. The zero-order valence-electron chi connectivity index (χ0n) is 15.1. The van der Waals surface area contributed by atoms with E-state index in [0.717, 1.165) is 34.7 Å². The lowest BCUT2D eigenvalue weighted by molar-refractivity contribution is 0.102. The minimum atomic E-state index is -0.597. The first-order valence-electron chi connectivity index (χ1n) is 9.31. The number of para-hydroxylation sites is 1. The van der Waals surface area contributed by atoms with Crippen LogP contribution < -0.4 is 10.9 Å². The van der Waals surface area contributed by atoms with E-state index in [0.29, 0.717) is 17.6 Å². The van der Waals surface area contributed by atoms with E-state index in [2.05, 4.69) is 5.32 Å². The molecule has 0 spiro atoms. The van der Waals surface area contributed by atoms with Crippen molar-refractivity contribution in [1.29, 1.82) is 0 Å². The number of carbonyl (C=O) groups excluding carboxylic acids is 1. The van der Waals surface area contributed by atoms with Gasteiger partial charge in [0.05, 0.1) is 5.52 Å². The van der Waals surface area contributed by atoms with E-state index < -0.39 is 11.5 Å². The normalized spacial score (nSPS) is 13.0. The van der Waals surface area contributed by atoms with Crippen LogP contribution >= 0.6 is 0 Å². The number of aromatic hydroxyl groups is 1. The molecule has 1 aliphatic rings. The number of hydrogen-bond donors (Lipinski definition) is 2. The van der Waals surface area contributed by atoms with Crippen molar-refractivity contribution >= 4 is 33.3 Å². The van der Waals surface area contributed by atoms with Gasteiger partial charge in [0, 0.05) is 23.0 Å². The van der Waals surface area contributed by atoms with Gasteiger partial charge in [0.25, 0.3) is 11.5 Å². The molecule has 2 heterocycles. The quantitative estimate of drug-likeness (QED) is 0.559. The van der Waals surface area contributed by atoms with Crippen molar-refractivity contribution in [1.82, 2.24) is 4.57 Å². The lowest BCUT2D eigenvalue weighted by atomic mass is 9.99. The van der Waals surface area contributed by atoms with Crippen LogP contribution in [0.25, 0.3) is 21.7 Å². The fourth-order valence-electron chi connectivity index (χ4n) is 4.14. The van der Waals surface area contributed by atoms with Gasteiger partial charge in [-0.3, -0.25) is 9.59 Å². The number of carbonyl (C=O) groups is 1. The molecule has 5 heteroatoms. The average Bonchev–Trinajstić information content (AvgIpc) is 2.72. The van der Waals surface area contributed by atoms with E-state index in [-0.39, 0.29) is 11.3 Å². The Kier molecular flexibility index (Phi) is 3.69. The highest BCUT2D eigenvalue weighted by molar-refractivity contribution is 6.12. The topological polar surface area (TPSA) is 71.3 Å². The zero-order valence-corrected chi connectivity index (χ0v) is 15.1. The number of pyridine rings is 1. The first-order chi connectivity index (χ1) is 13.6. The van der Waals surface area contributed by atoms with Gasteiger partial charge in [0.2, 0.25) is 0 Å². The summed E-state index contributed by atoms with van der Waals surface area (Å²) in [4.78, 5) is 26.1. The molecule has 0 fully saturated rings. The monoisotopic (exact) mass is 370 g/mol. The molecule has 0 radical (unpaired) electrons. The maximum Gasteiger partial charge on any atom is 0.267 e. The Hall–Kier alpha value is -3.60. The van der Waals surface area contributed by atoms with Gasteiger partial charge in [-0.05, 0) is 35.9 Å². The van der Waals surface area contributed by atoms with Gasteiger partial charge < -0.3 is 15.0 Å². The van der Waals surface area contributed by atoms with Gasteiger partial charge in [0.1, 0.15) is 11.3 Å². The Morgan fingerprint density at radius 1 is 0.964 bits per heavy atom. The molecule has 0 aliphatic carbocycles. The van der Waals surface area contributed by atoms with Gasteiger partial charge in [-0.25, -0.2) is 0 Å². The van der Waals surface area contributed by atoms with E-state index in [4.69, 9.17) is 0 Å². The lowest BCUT2D eigenvalue weighted by Gasteiger charge is -2.21. The molecule has 138 valence electrons. The summed E-state index contributed by atoms with van der Waals surface area (Å²) in [5, 5.41) is 16.0. The summed E-state index contributed by atoms with van der Waals surface area (Å²) in [6, 6.07) is 18.9. The average molecular weight is 370 g/mol. The summed E-state index contributed by atoms with van der Waals surface area (Å²) in [5.41, 5.74) is 1.71. The second-order valence-electron chi connectivity index (χ2n) is 7.08. The van der Waals surface area contributed by atoms with Crippen molar-refractivity contribution < 1.29 is 9.90 Å². The zero-order chi connectivity index (χ0) is 19.3. The number of benzene rings is 3. The SMILES string of the molecule is O=C(Nc1cccc2ccccc12)c1c(O)c2cccc3c2n(c1=O)CCC3. The summed E-state index contributed by atoms with van der Waals surface area (Å²) in [6.07, 6.45) is 1.69. The van der Waals surface area contributed by atoms with Crippen LogP contribution in [0.5, 0.6) is 5.75 Å². The molecule has 0 atom stereocenters. The smallest absolute Gasteiger partial charge is 0.267 e. The number of nitrogens with one attached hydrogen (secondary N) is 1. The van der Waals surface area contributed by atoms with Crippen molar-refractivity contribution in [2.24, 2.45) is 0 Å². The Morgan fingerprint density at radius 2 is 1.71 bits per heavy atom. The van der Waals surface area contributed by atoms with Crippen LogP contribution in [-0.2, 0) is 13.0 Å². The molecule has 4 aromatic rings. The van der Waals surface area contributed by atoms with Crippen LogP contribution in [0.4, 0.5) is 5.69 Å². The number of aromatic nitrogens is 1. The molecular weight excluding hydrogens is 352 g/mol. The number of rotatable bonds is 2. The number of hydrogen-bond acceptors (Lipinski definition) is 3. The summed E-state index contributed by atoms with van der Waals surface area (Å²) in [5.74, 6) is -0.849. The fraction of sp³-hybridized carbons (Fsp3) is 0.130. The third-order valence-corrected chi connectivity index (χ3v) is 5.43. The molecule has 0 unspecified atom stereocenters. The lowest BCUT2D eigenvalue weighted by Crippen LogP contribution is -2.31. The van der Waals surface area contributed by atoms with Gasteiger partial charge in [-0.15, -0.1) is 0 Å². The molecular formula is C23H18N2O3. The summed E-state index contributed by atoms with van der Waals surface area (Å²) < 4.78 is 1.62. The number of nitrogens with zero attached hydrogens (tertiary/aromatic N) is 1. The first kappa shape index (κ1) is 16.6. The van der Waals surface area contributed by atoms with E-state index >= 15 is 0 Å². The minimum Gasteiger partial charge on any atom is -0.506 e. The molecule has 3 aromatic carbocycles. The van der Waals surface area contributed by atoms with Crippen LogP contribution in [0, 0.1) is 0 Å². The third-order valence-electron chi connectivity index (χ3n) is 5.43. The largest absolute Gasteiger partial charge is 0.506 e. The Balaban J connectivity index is 1.67. The van der Waals surface area contributed by atoms with Gasteiger partial charge >= 0.3 is 0 Å². The predicted molar refractivity (Wildman–Crippen MR) is 110 cm³/mol. The molecule has 0 bridgehead atoms. The molecule has 1 aliphatic heterocycles. The molecule has 5 rings (SSSR count). The Labute approximate surface area is 160 Å². The molecule has 1 amide bonds. The van der Waals surface area contributed by atoms with Crippen molar-refractivity contribution in [2.75, 3.05) is 5.32 Å². The van der Waals surface area contributed by atoms with E-state index in [9.17, 15) is 14.7 Å². The number of aryl methyl sites for hydroxylation is 2. The van der Waals surface area contributed by atoms with Crippen molar-refractivity contribution in [2.45, 2.75) is 19.4 Å². The highest BCUT2D eigenvalue weighted by atomic mass is 16.3. The second-order valence-corrected chi connectivity index (χ2v) is 7.08. The molecule has 28 heavy (non-hydrogen) atoms. The van der Waals surface area contributed by atoms with E-state index in [1.54, 1.807) is 16.7 Å². The maximum atomic E-state index is 13.1. The molecule has 0 saturated carbocycles. The van der Waals surface area contributed by atoms with Crippen LogP contribution in [-0.4, -0.2) is 15.6 Å². The van der Waals surface area contributed by atoms with Crippen molar-refractivity contribution in [3.8, 4) is 5.75 Å². The highest BCUT2D eigenvalue weighted by Gasteiger charge is 2.25. The van der Waals surface area contributed by atoms with Gasteiger partial charge in [-0.2, -0.15) is 0 Å². The minimum absolute atomic E-state index is 0.209. The molecule has 0 saturated heterocycles. The van der Waals surface area contributed by atoms with E-state index in [1.165, 1.54) is 0 Å². The van der Waals surface area contributed by atoms with Gasteiger partial charge in [0.15, 0.2) is 0 Å². The fourth-order valence-corrected chi connectivity index (χ4v) is 4.14. The summed E-state index contributed by atoms with van der Waals surface area (Å²) >= 11 is 0. The standard InChI is InChI=1S/C23H18N2O3/c26-21-17-11-3-8-15-9-5-13-25(20(15)17)23(28)19(21)22(27)24-18-12-4-7-14-6-1-2-10-16(14)18/h1-4,6-8,10-12,26H,5,9,13H2,(H,24,27). The summed E-state index contributed by atoms with van der Waals surface area (Å²) in [7, 11) is 0. The molecule has 2 N–H and O–H groups in total. The van der Waals surface area contributed by atoms with Crippen LogP contribution in [0.1, 0.15) is 22.3 Å². The number of anilines is 1. The first-order valence-corrected chi connectivity index (χ1v) is 9.31. The van der Waals surface area contributed by atoms with Crippen molar-refractivity contribution in [3.05, 3.63) is 82.1 Å². The maximum absolute atomic E-state index is 13.1. The highest BCUT2D eigenvalue weighted by Crippen LogP contribution is 2.32. The Bertz CT molecular complexity index is 1320. The van der Waals surface area contributed by atoms with E-state index in [1.807, 2.05) is 48.5 Å². The Morgan fingerprint density at radius 3 is 2.61 bits per heavy atom. The van der Waals surface area contributed by atoms with Gasteiger partial charge in [-0.1, -0.05) is 48.5 Å². The molecule has 5 nitrogen and oxygen atoms in total. The van der Waals surface area contributed by atoms with Crippen molar-refractivity contribution in [3.63, 3.8) is 0 Å². The predicted octanol–water partition coefficient (Wildman–Crippen LogP) is 4.06. The van der Waals surface area contributed by atoms with Crippen LogP contribution in [0.3, 0.4) is 0 Å². The third kappa shape index (κ3) is 2.40.